The van der Waals surface area contributed by atoms with E-state index in [-0.39, 0.29) is 11.9 Å². The molecule has 1 amide bonds. The zero-order valence-electron chi connectivity index (χ0n) is 16.2. The van der Waals surface area contributed by atoms with E-state index >= 15 is 0 Å². The number of aromatic nitrogens is 4. The van der Waals surface area contributed by atoms with Gasteiger partial charge < -0.3 is 4.90 Å². The summed E-state index contributed by atoms with van der Waals surface area (Å²) in [5.41, 5.74) is 4.40. The van der Waals surface area contributed by atoms with Crippen LogP contribution in [0.2, 0.25) is 0 Å². The summed E-state index contributed by atoms with van der Waals surface area (Å²) >= 11 is 0. The second kappa shape index (κ2) is 7.13. The van der Waals surface area contributed by atoms with Gasteiger partial charge in [0.05, 0.1) is 29.0 Å². The summed E-state index contributed by atoms with van der Waals surface area (Å²) < 4.78 is 1.78. The SMILES string of the molecule is Cn1cc(-c2ccc(C3CCCN3C(=O)c3cccc4cccnc34)nc2)cn1. The van der Waals surface area contributed by atoms with Crippen LogP contribution in [0.5, 0.6) is 0 Å². The molecule has 0 bridgehead atoms. The number of hydrogen-bond donors (Lipinski definition) is 0. The van der Waals surface area contributed by atoms with Crippen LogP contribution in [0.4, 0.5) is 0 Å². The van der Waals surface area contributed by atoms with Gasteiger partial charge in [0, 0.05) is 48.7 Å². The van der Waals surface area contributed by atoms with Crippen molar-refractivity contribution in [2.24, 2.45) is 7.05 Å². The van der Waals surface area contributed by atoms with E-state index < -0.39 is 0 Å². The maximum Gasteiger partial charge on any atom is 0.256 e. The average Bonchev–Trinajstić information content (AvgIpc) is 3.42. The van der Waals surface area contributed by atoms with Crippen LogP contribution in [0.3, 0.4) is 0 Å². The number of benzene rings is 1. The number of amides is 1. The van der Waals surface area contributed by atoms with E-state index in [1.807, 2.05) is 66.9 Å². The molecule has 1 fully saturated rings. The van der Waals surface area contributed by atoms with Crippen LogP contribution in [-0.2, 0) is 7.05 Å². The Labute approximate surface area is 168 Å². The van der Waals surface area contributed by atoms with Crippen molar-refractivity contribution in [2.45, 2.75) is 18.9 Å². The Balaban J connectivity index is 1.44. The third-order valence-corrected chi connectivity index (χ3v) is 5.54. The highest BCUT2D eigenvalue weighted by atomic mass is 16.2. The van der Waals surface area contributed by atoms with E-state index in [0.29, 0.717) is 5.56 Å². The van der Waals surface area contributed by atoms with Crippen LogP contribution in [0.1, 0.15) is 34.9 Å². The quantitative estimate of drug-likeness (QED) is 0.536. The Hall–Kier alpha value is -3.54. The summed E-state index contributed by atoms with van der Waals surface area (Å²) in [7, 11) is 1.90. The highest BCUT2D eigenvalue weighted by molar-refractivity contribution is 6.05. The number of hydrogen-bond acceptors (Lipinski definition) is 4. The predicted molar refractivity (Wildman–Crippen MR) is 111 cm³/mol. The molecule has 6 heteroatoms. The first-order valence-corrected chi connectivity index (χ1v) is 9.80. The van der Waals surface area contributed by atoms with Gasteiger partial charge in [0.2, 0.25) is 0 Å². The van der Waals surface area contributed by atoms with Crippen LogP contribution in [-0.4, -0.2) is 37.1 Å². The molecule has 1 aliphatic heterocycles. The Morgan fingerprint density at radius 3 is 2.72 bits per heavy atom. The van der Waals surface area contributed by atoms with Gasteiger partial charge in [0.15, 0.2) is 0 Å². The van der Waals surface area contributed by atoms with Gasteiger partial charge in [-0.3, -0.25) is 19.4 Å². The van der Waals surface area contributed by atoms with E-state index in [1.165, 1.54) is 0 Å². The molecule has 6 nitrogen and oxygen atoms in total. The molecule has 4 aromatic rings. The first-order valence-electron chi connectivity index (χ1n) is 9.80. The fourth-order valence-electron chi connectivity index (χ4n) is 4.09. The summed E-state index contributed by atoms with van der Waals surface area (Å²) in [5, 5.41) is 5.20. The van der Waals surface area contributed by atoms with E-state index in [2.05, 4.69) is 21.1 Å². The second-order valence-corrected chi connectivity index (χ2v) is 7.41. The molecule has 1 unspecified atom stereocenters. The van der Waals surface area contributed by atoms with E-state index in [9.17, 15) is 4.79 Å². The molecule has 4 heterocycles. The van der Waals surface area contributed by atoms with Gasteiger partial charge in [0.25, 0.3) is 5.91 Å². The van der Waals surface area contributed by atoms with E-state index in [1.54, 1.807) is 10.9 Å². The molecule has 144 valence electrons. The molecule has 3 aromatic heterocycles. The third-order valence-electron chi connectivity index (χ3n) is 5.54. The summed E-state index contributed by atoms with van der Waals surface area (Å²) in [4.78, 5) is 24.5. The number of nitrogens with zero attached hydrogens (tertiary/aromatic N) is 5. The zero-order chi connectivity index (χ0) is 19.8. The van der Waals surface area contributed by atoms with Crippen molar-refractivity contribution in [2.75, 3.05) is 6.54 Å². The first-order chi connectivity index (χ1) is 14.2. The Morgan fingerprint density at radius 1 is 1.03 bits per heavy atom. The maximum absolute atomic E-state index is 13.4. The van der Waals surface area contributed by atoms with Crippen LogP contribution in [0, 0.1) is 0 Å². The Kier molecular flexibility index (Phi) is 4.31. The van der Waals surface area contributed by atoms with Gasteiger partial charge in [-0.2, -0.15) is 5.10 Å². The molecule has 1 aromatic carbocycles. The lowest BCUT2D eigenvalue weighted by molar-refractivity contribution is 0.0734. The maximum atomic E-state index is 13.4. The lowest BCUT2D eigenvalue weighted by Crippen LogP contribution is -2.31. The molecule has 5 rings (SSSR count). The number of para-hydroxylation sites is 1. The molecule has 0 saturated carbocycles. The predicted octanol–water partition coefficient (Wildman–Crippen LogP) is 4.01. The van der Waals surface area contributed by atoms with Crippen LogP contribution >= 0.6 is 0 Å². The molecule has 29 heavy (non-hydrogen) atoms. The minimum Gasteiger partial charge on any atom is -0.330 e. The largest absolute Gasteiger partial charge is 0.330 e. The lowest BCUT2D eigenvalue weighted by Gasteiger charge is -2.25. The molecule has 1 atom stereocenters. The van der Waals surface area contributed by atoms with E-state index in [4.69, 9.17) is 0 Å². The fraction of sp³-hybridized carbons (Fsp3) is 0.217. The number of carbonyl (C=O) groups is 1. The lowest BCUT2D eigenvalue weighted by atomic mass is 10.1. The smallest absolute Gasteiger partial charge is 0.256 e. The fourth-order valence-corrected chi connectivity index (χ4v) is 4.09. The van der Waals surface area contributed by atoms with Crippen molar-refractivity contribution in [3.63, 3.8) is 0 Å². The molecule has 1 saturated heterocycles. The summed E-state index contributed by atoms with van der Waals surface area (Å²) in [6.45, 7) is 0.735. The van der Waals surface area contributed by atoms with Gasteiger partial charge >= 0.3 is 0 Å². The minimum absolute atomic E-state index is 0.00980. The molecular formula is C23H21N5O. The van der Waals surface area contributed by atoms with Crippen molar-refractivity contribution in [1.29, 1.82) is 0 Å². The number of rotatable bonds is 3. The molecule has 0 N–H and O–H groups in total. The van der Waals surface area contributed by atoms with Gasteiger partial charge in [-0.15, -0.1) is 0 Å². The highest BCUT2D eigenvalue weighted by Gasteiger charge is 2.32. The minimum atomic E-state index is -0.00980. The van der Waals surface area contributed by atoms with Crippen molar-refractivity contribution in [3.05, 3.63) is 78.5 Å². The Morgan fingerprint density at radius 2 is 1.93 bits per heavy atom. The van der Waals surface area contributed by atoms with Gasteiger partial charge in [0.1, 0.15) is 0 Å². The second-order valence-electron chi connectivity index (χ2n) is 7.41. The average molecular weight is 383 g/mol. The van der Waals surface area contributed by atoms with Crippen LogP contribution in [0.15, 0.2) is 67.3 Å². The number of likely N-dealkylation sites (tertiary alicyclic amines) is 1. The first kappa shape index (κ1) is 17.6. The third kappa shape index (κ3) is 3.16. The van der Waals surface area contributed by atoms with Crippen molar-refractivity contribution >= 4 is 16.8 Å². The van der Waals surface area contributed by atoms with Gasteiger partial charge in [-0.25, -0.2) is 0 Å². The molecule has 0 aliphatic carbocycles. The van der Waals surface area contributed by atoms with Crippen molar-refractivity contribution < 1.29 is 4.79 Å². The molecular weight excluding hydrogens is 362 g/mol. The van der Waals surface area contributed by atoms with Gasteiger partial charge in [-0.05, 0) is 31.0 Å². The highest BCUT2D eigenvalue weighted by Crippen LogP contribution is 2.33. The summed E-state index contributed by atoms with van der Waals surface area (Å²) in [6, 6.07) is 13.7. The van der Waals surface area contributed by atoms with Crippen LogP contribution < -0.4 is 0 Å². The Bertz CT molecular complexity index is 1180. The van der Waals surface area contributed by atoms with Crippen LogP contribution in [0.25, 0.3) is 22.0 Å². The van der Waals surface area contributed by atoms with Crippen molar-refractivity contribution in [3.8, 4) is 11.1 Å². The summed E-state index contributed by atoms with van der Waals surface area (Å²) in [6.07, 6.45) is 9.29. The number of fused-ring (bicyclic) bond motifs is 1. The van der Waals surface area contributed by atoms with E-state index in [0.717, 1.165) is 47.1 Å². The van der Waals surface area contributed by atoms with Gasteiger partial charge in [-0.1, -0.05) is 24.3 Å². The van der Waals surface area contributed by atoms with Crippen molar-refractivity contribution in [1.82, 2.24) is 24.6 Å². The standard InChI is InChI=1S/C23H21N5O/c1-27-15-18(14-26-27)17-9-10-20(25-13-17)21-8-4-12-28(21)23(29)19-7-2-5-16-6-3-11-24-22(16)19/h2-3,5-7,9-11,13-15,21H,4,8,12H2,1H3. The number of aryl methyl sites for hydroxylation is 1. The monoisotopic (exact) mass is 383 g/mol. The number of carbonyl (C=O) groups excluding carboxylic acids is 1. The molecule has 1 aliphatic rings. The summed E-state index contributed by atoms with van der Waals surface area (Å²) in [5.74, 6) is 0.0231. The molecule has 0 radical (unpaired) electrons. The topological polar surface area (TPSA) is 63.9 Å². The normalized spacial score (nSPS) is 16.4. The molecule has 0 spiro atoms. The zero-order valence-corrected chi connectivity index (χ0v) is 16.2. The number of pyridine rings is 2.